The molecule has 1 aliphatic heterocycles. The van der Waals surface area contributed by atoms with E-state index in [1.165, 1.54) is 16.7 Å². The Morgan fingerprint density at radius 2 is 1.85 bits per heavy atom. The zero-order valence-electron chi connectivity index (χ0n) is 18.4. The van der Waals surface area contributed by atoms with Crippen LogP contribution >= 0.6 is 24.0 Å². The Hall–Kier alpha value is -3.30. The first-order chi connectivity index (χ1) is 15.8. The summed E-state index contributed by atoms with van der Waals surface area (Å²) in [6.45, 7) is 6.11. The standard InChI is InChI=1S/C24H22N4O3S2/c1-14-5-8-17(9-6-14)13-19-23(30)28(24(32)33-19)11-10-20(29)25-22-21(26-31-27-22)18-12-15(2)4-7-16(18)3/h4-9,12-13H,10-11H2,1-3H3,(H,25,27,29)/b19-13-. The molecule has 1 aliphatic rings. The van der Waals surface area contributed by atoms with Crippen molar-refractivity contribution in [1.29, 1.82) is 0 Å². The molecule has 1 saturated heterocycles. The third kappa shape index (κ3) is 5.20. The van der Waals surface area contributed by atoms with E-state index in [0.29, 0.717) is 14.9 Å². The lowest BCUT2D eigenvalue weighted by molar-refractivity contribution is -0.122. The summed E-state index contributed by atoms with van der Waals surface area (Å²) in [6, 6.07) is 13.8. The third-order valence-electron chi connectivity index (χ3n) is 5.21. The Kier molecular flexibility index (Phi) is 6.71. The number of aromatic nitrogens is 2. The van der Waals surface area contributed by atoms with Crippen molar-refractivity contribution in [3.8, 4) is 11.3 Å². The van der Waals surface area contributed by atoms with Gasteiger partial charge in [-0.2, -0.15) is 0 Å². The molecular weight excluding hydrogens is 456 g/mol. The van der Waals surface area contributed by atoms with E-state index in [1.54, 1.807) is 0 Å². The summed E-state index contributed by atoms with van der Waals surface area (Å²) < 4.78 is 5.31. The van der Waals surface area contributed by atoms with E-state index in [-0.39, 0.29) is 30.6 Å². The number of anilines is 1. The van der Waals surface area contributed by atoms with Gasteiger partial charge < -0.3 is 5.32 Å². The molecule has 2 heterocycles. The van der Waals surface area contributed by atoms with Gasteiger partial charge in [0.1, 0.15) is 4.32 Å². The molecule has 0 spiro atoms. The summed E-state index contributed by atoms with van der Waals surface area (Å²) in [5, 5.41) is 10.5. The molecule has 0 atom stereocenters. The van der Waals surface area contributed by atoms with Gasteiger partial charge in [-0.1, -0.05) is 71.5 Å². The third-order valence-corrected chi connectivity index (χ3v) is 6.58. The van der Waals surface area contributed by atoms with Crippen molar-refractivity contribution < 1.29 is 14.2 Å². The zero-order chi connectivity index (χ0) is 23.5. The van der Waals surface area contributed by atoms with Crippen LogP contribution in [0.25, 0.3) is 17.3 Å². The molecule has 0 radical (unpaired) electrons. The maximum Gasteiger partial charge on any atom is 0.266 e. The number of thiocarbonyl (C=S) groups is 1. The van der Waals surface area contributed by atoms with Crippen LogP contribution in [-0.2, 0) is 9.59 Å². The van der Waals surface area contributed by atoms with Crippen LogP contribution in [0, 0.1) is 20.8 Å². The summed E-state index contributed by atoms with van der Waals surface area (Å²) in [7, 11) is 0. The molecule has 0 saturated carbocycles. The van der Waals surface area contributed by atoms with Crippen LogP contribution in [0.2, 0.25) is 0 Å². The summed E-state index contributed by atoms with van der Waals surface area (Å²) in [4.78, 5) is 27.4. The van der Waals surface area contributed by atoms with Gasteiger partial charge in [0, 0.05) is 18.5 Å². The van der Waals surface area contributed by atoms with Gasteiger partial charge in [0.25, 0.3) is 5.91 Å². The lowest BCUT2D eigenvalue weighted by atomic mass is 10.0. The Morgan fingerprint density at radius 1 is 1.12 bits per heavy atom. The van der Waals surface area contributed by atoms with Gasteiger partial charge in [-0.05, 0) is 54.4 Å². The largest absolute Gasteiger partial charge is 0.306 e. The Labute approximate surface area is 201 Å². The zero-order valence-corrected chi connectivity index (χ0v) is 20.0. The minimum absolute atomic E-state index is 0.0589. The number of benzene rings is 2. The van der Waals surface area contributed by atoms with Crippen molar-refractivity contribution in [3.05, 3.63) is 69.6 Å². The van der Waals surface area contributed by atoms with Crippen molar-refractivity contribution in [3.63, 3.8) is 0 Å². The fraction of sp³-hybridized carbons (Fsp3) is 0.208. The van der Waals surface area contributed by atoms with Crippen LogP contribution in [0.15, 0.2) is 52.0 Å². The van der Waals surface area contributed by atoms with Gasteiger partial charge in [0.2, 0.25) is 11.7 Å². The lowest BCUT2D eigenvalue weighted by Crippen LogP contribution is -2.31. The quantitative estimate of drug-likeness (QED) is 0.398. The molecule has 0 aliphatic carbocycles. The molecule has 33 heavy (non-hydrogen) atoms. The topological polar surface area (TPSA) is 88.3 Å². The number of hydrogen-bond acceptors (Lipinski definition) is 7. The monoisotopic (exact) mass is 478 g/mol. The minimum Gasteiger partial charge on any atom is -0.306 e. The van der Waals surface area contributed by atoms with Gasteiger partial charge in [-0.15, -0.1) is 0 Å². The Morgan fingerprint density at radius 3 is 2.61 bits per heavy atom. The maximum absolute atomic E-state index is 12.8. The molecule has 2 aromatic carbocycles. The van der Waals surface area contributed by atoms with Gasteiger partial charge in [-0.3, -0.25) is 14.5 Å². The van der Waals surface area contributed by atoms with Gasteiger partial charge in [0.05, 0.1) is 4.91 Å². The summed E-state index contributed by atoms with van der Waals surface area (Å²) >= 11 is 6.61. The van der Waals surface area contributed by atoms with Crippen molar-refractivity contribution in [1.82, 2.24) is 15.2 Å². The van der Waals surface area contributed by atoms with E-state index in [2.05, 4.69) is 15.6 Å². The van der Waals surface area contributed by atoms with Crippen molar-refractivity contribution in [2.45, 2.75) is 27.2 Å². The molecule has 168 valence electrons. The molecule has 0 bridgehead atoms. The van der Waals surface area contributed by atoms with Crippen LogP contribution in [-0.4, -0.2) is 37.9 Å². The molecular formula is C24H22N4O3S2. The maximum atomic E-state index is 12.8. The molecule has 1 N–H and O–H groups in total. The predicted octanol–water partition coefficient (Wildman–Crippen LogP) is 4.89. The van der Waals surface area contributed by atoms with Crippen LogP contribution in [0.4, 0.5) is 5.82 Å². The van der Waals surface area contributed by atoms with Crippen molar-refractivity contribution >= 4 is 52.0 Å². The van der Waals surface area contributed by atoms with E-state index >= 15 is 0 Å². The normalized spacial score (nSPS) is 14.9. The van der Waals surface area contributed by atoms with Gasteiger partial charge in [-0.25, -0.2) is 4.63 Å². The highest BCUT2D eigenvalue weighted by Crippen LogP contribution is 2.33. The van der Waals surface area contributed by atoms with E-state index < -0.39 is 0 Å². The molecule has 4 rings (SSSR count). The first kappa shape index (κ1) is 22.9. The van der Waals surface area contributed by atoms with Crippen LogP contribution in [0.5, 0.6) is 0 Å². The van der Waals surface area contributed by atoms with E-state index in [0.717, 1.165) is 27.8 Å². The number of amides is 2. The van der Waals surface area contributed by atoms with Crippen LogP contribution in [0.1, 0.15) is 28.7 Å². The second-order valence-corrected chi connectivity index (χ2v) is 9.50. The van der Waals surface area contributed by atoms with Crippen LogP contribution in [0.3, 0.4) is 0 Å². The van der Waals surface area contributed by atoms with Gasteiger partial charge in [0.15, 0.2) is 5.69 Å². The SMILES string of the molecule is Cc1ccc(/C=C2\SC(=S)N(CCC(=O)Nc3nonc3-c3cc(C)ccc3C)C2=O)cc1. The minimum atomic E-state index is -0.311. The average molecular weight is 479 g/mol. The fourth-order valence-electron chi connectivity index (χ4n) is 3.35. The summed E-state index contributed by atoms with van der Waals surface area (Å²) in [6.07, 6.45) is 1.87. The highest BCUT2D eigenvalue weighted by atomic mass is 32.2. The molecule has 7 nitrogen and oxygen atoms in total. The fourth-order valence-corrected chi connectivity index (χ4v) is 4.66. The number of carbonyl (C=O) groups excluding carboxylic acids is 2. The summed E-state index contributed by atoms with van der Waals surface area (Å²) in [5.41, 5.74) is 5.43. The summed E-state index contributed by atoms with van der Waals surface area (Å²) in [5.74, 6) is -0.260. The number of aryl methyl sites for hydroxylation is 3. The molecule has 3 aromatic rings. The number of nitrogens with zero attached hydrogens (tertiary/aromatic N) is 3. The number of thioether (sulfide) groups is 1. The van der Waals surface area contributed by atoms with E-state index in [1.807, 2.05) is 69.3 Å². The Bertz CT molecular complexity index is 1260. The Balaban J connectivity index is 1.40. The first-order valence-electron chi connectivity index (χ1n) is 10.3. The van der Waals surface area contributed by atoms with Crippen LogP contribution < -0.4 is 5.32 Å². The second kappa shape index (κ2) is 9.68. The van der Waals surface area contributed by atoms with E-state index in [4.69, 9.17) is 16.8 Å². The number of carbonyl (C=O) groups is 2. The smallest absolute Gasteiger partial charge is 0.266 e. The highest BCUT2D eigenvalue weighted by Gasteiger charge is 2.32. The molecule has 0 unspecified atom stereocenters. The lowest BCUT2D eigenvalue weighted by Gasteiger charge is -2.13. The molecule has 9 heteroatoms. The molecule has 1 aromatic heterocycles. The molecule has 2 amide bonds. The van der Waals surface area contributed by atoms with E-state index in [9.17, 15) is 9.59 Å². The average Bonchev–Trinajstić information content (AvgIpc) is 3.34. The number of hydrogen-bond donors (Lipinski definition) is 1. The number of rotatable bonds is 6. The predicted molar refractivity (Wildman–Crippen MR) is 134 cm³/mol. The number of nitrogens with one attached hydrogen (secondary N) is 1. The highest BCUT2D eigenvalue weighted by molar-refractivity contribution is 8.26. The molecule has 1 fully saturated rings. The van der Waals surface area contributed by atoms with Crippen molar-refractivity contribution in [2.24, 2.45) is 0 Å². The van der Waals surface area contributed by atoms with Crippen molar-refractivity contribution in [2.75, 3.05) is 11.9 Å². The first-order valence-corrected chi connectivity index (χ1v) is 11.6. The second-order valence-electron chi connectivity index (χ2n) is 7.82. The van der Waals surface area contributed by atoms with Gasteiger partial charge >= 0.3 is 0 Å².